The zero-order valence-corrected chi connectivity index (χ0v) is 44.0. The van der Waals surface area contributed by atoms with E-state index in [1.807, 2.05) is 0 Å². The Morgan fingerprint density at radius 1 is 0.681 bits per heavy atom. The van der Waals surface area contributed by atoms with Crippen molar-refractivity contribution in [3.63, 3.8) is 0 Å². The number of allylic oxidation sites excluding steroid dienone is 2. The molecule has 72 heavy (non-hydrogen) atoms. The van der Waals surface area contributed by atoms with Crippen LogP contribution in [0.4, 0.5) is 9.59 Å². The molecule has 0 unspecified atom stereocenters. The third-order valence-electron chi connectivity index (χ3n) is 11.5. The fourth-order valence-corrected chi connectivity index (χ4v) is 9.77. The fourth-order valence-electron chi connectivity index (χ4n) is 8.25. The molecule has 0 bridgehead atoms. The highest BCUT2D eigenvalue weighted by atomic mass is 79.9. The third-order valence-corrected chi connectivity index (χ3v) is 12.8. The number of rotatable bonds is 27. The van der Waals surface area contributed by atoms with Crippen molar-refractivity contribution >= 4 is 84.7 Å². The maximum Gasteiger partial charge on any atom is 0.407 e. The Kier molecular flexibility index (Phi) is 23.8. The van der Waals surface area contributed by atoms with Gasteiger partial charge in [0.2, 0.25) is 18.3 Å². The average Bonchev–Trinajstić information content (AvgIpc) is 3.82. The molecular formula is C47H63Br2N3O20. The molecule has 1 aromatic carbocycles. The minimum absolute atomic E-state index is 0.0108. The van der Waals surface area contributed by atoms with E-state index in [1.54, 1.807) is 6.07 Å². The van der Waals surface area contributed by atoms with E-state index < -0.39 is 72.7 Å². The van der Waals surface area contributed by atoms with Crippen LogP contribution in [0.3, 0.4) is 0 Å². The number of alkyl carbamates (subject to hydrolysis) is 2. The molecule has 2 aromatic rings. The second kappa shape index (κ2) is 29.6. The van der Waals surface area contributed by atoms with Gasteiger partial charge in [-0.25, -0.2) is 14.4 Å². The number of methoxy groups -OCH3 is 1. The van der Waals surface area contributed by atoms with Crippen molar-refractivity contribution in [1.29, 1.82) is 0 Å². The molecule has 2 amide bonds. The first-order valence-electron chi connectivity index (χ1n) is 23.5. The lowest BCUT2D eigenvalue weighted by Gasteiger charge is -2.43. The summed E-state index contributed by atoms with van der Waals surface area (Å²) in [5, 5.41) is 5.58. The van der Waals surface area contributed by atoms with Gasteiger partial charge in [0.05, 0.1) is 92.6 Å². The van der Waals surface area contributed by atoms with Crippen molar-refractivity contribution in [3.8, 4) is 11.5 Å². The van der Waals surface area contributed by atoms with Crippen LogP contribution in [0.5, 0.6) is 11.5 Å². The summed E-state index contributed by atoms with van der Waals surface area (Å²) in [6, 6.07) is 1.61. The molecule has 1 saturated heterocycles. The number of carbonyl (C=O) groups is 7. The van der Waals surface area contributed by atoms with Crippen molar-refractivity contribution in [2.24, 2.45) is 17.8 Å². The van der Waals surface area contributed by atoms with Crippen LogP contribution >= 0.6 is 31.9 Å². The first-order chi connectivity index (χ1) is 34.6. The summed E-state index contributed by atoms with van der Waals surface area (Å²) >= 11 is 7.06. The van der Waals surface area contributed by atoms with Crippen LogP contribution in [-0.4, -0.2) is 170 Å². The summed E-state index contributed by atoms with van der Waals surface area (Å²) in [5.41, 5.74) is 0.343. The predicted molar refractivity (Wildman–Crippen MR) is 257 cm³/mol. The lowest BCUT2D eigenvalue weighted by molar-refractivity contribution is -0.282. The van der Waals surface area contributed by atoms with Gasteiger partial charge >= 0.3 is 36.1 Å². The lowest BCUT2D eigenvalue weighted by Crippen LogP contribution is -2.64. The molecule has 400 valence electrons. The van der Waals surface area contributed by atoms with Gasteiger partial charge in [0.15, 0.2) is 18.3 Å². The predicted octanol–water partition coefficient (Wildman–Crippen LogP) is 4.79. The summed E-state index contributed by atoms with van der Waals surface area (Å²) in [7, 11) is 1.06. The lowest BCUT2D eigenvalue weighted by atomic mass is 9.97. The van der Waals surface area contributed by atoms with Crippen LogP contribution in [0.15, 0.2) is 33.4 Å². The Bertz CT molecular complexity index is 2190. The van der Waals surface area contributed by atoms with E-state index in [9.17, 15) is 33.6 Å². The van der Waals surface area contributed by atoms with Crippen molar-refractivity contribution in [2.45, 2.75) is 84.1 Å². The minimum Gasteiger partial charge on any atom is -0.489 e. The van der Waals surface area contributed by atoms with Crippen molar-refractivity contribution in [2.75, 3.05) is 92.9 Å². The Morgan fingerprint density at radius 3 is 1.78 bits per heavy atom. The molecule has 1 saturated carbocycles. The Hall–Kier alpha value is -5.05. The molecule has 3 aliphatic rings. The van der Waals surface area contributed by atoms with E-state index in [1.165, 1.54) is 30.5 Å². The number of amides is 2. The summed E-state index contributed by atoms with van der Waals surface area (Å²) in [6.07, 6.45) is 1.09. The van der Waals surface area contributed by atoms with Crippen LogP contribution in [0.2, 0.25) is 0 Å². The molecule has 5 rings (SSSR count). The first kappa shape index (κ1) is 57.8. The Labute approximate surface area is 432 Å². The van der Waals surface area contributed by atoms with Gasteiger partial charge in [-0.3, -0.25) is 23.7 Å². The first-order valence-corrected chi connectivity index (χ1v) is 25.0. The maximum atomic E-state index is 13.0. The van der Waals surface area contributed by atoms with Gasteiger partial charge in [-0.1, -0.05) is 12.2 Å². The molecule has 23 nitrogen and oxygen atoms in total. The number of aromatic nitrogens is 1. The SMILES string of the molecule is COC(=O)[C@H]1O[C@@H](Oc2cn(C(C)=O)c3cc(Br)c(OCCOCCOCCOC(=O)NCCOCCOCCNC(=O)OC[C@@H]4[C@@H]5CC/C=C\CC[C@@H]54)c(Br)c23)[C@H](OC(C)=O)[C@@H](OC(C)=O)[C@@H]1OC(C)=O. The van der Waals surface area contributed by atoms with Crippen molar-refractivity contribution < 1.29 is 95.1 Å². The van der Waals surface area contributed by atoms with Gasteiger partial charge in [-0.2, -0.15) is 0 Å². The number of fused-ring (bicyclic) bond motifs is 2. The zero-order chi connectivity index (χ0) is 52.2. The normalized spacial score (nSPS) is 22.7. The molecule has 2 heterocycles. The highest BCUT2D eigenvalue weighted by Crippen LogP contribution is 2.53. The molecule has 8 atom stereocenters. The molecule has 1 aromatic heterocycles. The Balaban J connectivity index is 0.970. The van der Waals surface area contributed by atoms with Gasteiger partial charge in [0.25, 0.3) is 0 Å². The van der Waals surface area contributed by atoms with Crippen molar-refractivity contribution in [3.05, 3.63) is 33.4 Å². The fraction of sp³-hybridized carbons (Fsp3) is 0.638. The monoisotopic (exact) mass is 1150 g/mol. The van der Waals surface area contributed by atoms with Crippen LogP contribution in [0.1, 0.15) is 58.2 Å². The summed E-state index contributed by atoms with van der Waals surface area (Å²) < 4.78 is 74.0. The van der Waals surface area contributed by atoms with Crippen LogP contribution in [0.25, 0.3) is 10.9 Å². The number of ether oxygens (including phenoxy) is 13. The molecule has 0 spiro atoms. The van der Waals surface area contributed by atoms with Crippen molar-refractivity contribution in [1.82, 2.24) is 15.2 Å². The van der Waals surface area contributed by atoms with Gasteiger partial charge in [-0.15, -0.1) is 0 Å². The quantitative estimate of drug-likeness (QED) is 0.0527. The van der Waals surface area contributed by atoms with Gasteiger partial charge in [0, 0.05) is 40.8 Å². The van der Waals surface area contributed by atoms with Gasteiger partial charge in [-0.05, 0) is 81.4 Å². The minimum atomic E-state index is -1.71. The highest BCUT2D eigenvalue weighted by Gasteiger charge is 2.56. The smallest absolute Gasteiger partial charge is 0.407 e. The second-order valence-electron chi connectivity index (χ2n) is 16.6. The molecule has 2 N–H and O–H groups in total. The maximum absolute atomic E-state index is 13.0. The van der Waals surface area contributed by atoms with E-state index in [0.29, 0.717) is 70.6 Å². The number of carbonyl (C=O) groups excluding carboxylic acids is 7. The van der Waals surface area contributed by atoms with Gasteiger partial charge in [0.1, 0.15) is 24.7 Å². The largest absolute Gasteiger partial charge is 0.489 e. The standard InChI is InChI=1S/C47H63Br2N3O20/c1-27(53)52-25-36(71-45-43(70-30(4)56)41(69-29(3)55)40(68-28(2)54)42(72-45)44(57)60-5)37-35(52)24-34(48)39(38(37)49)65-22-20-63-18-19-64-21-23-66-46(58)50-12-14-61-16-17-62-15-13-51-47(59)67-26-33-31-10-8-6-7-9-11-32(31)33/h6-7,24-25,31-33,40-43,45H,8-23,26H2,1-5H3,(H,50,58)(H,51,59)/b7-6-/t31-,32+,33-,40-,41-,42-,43+,45+/m0/s1. The number of benzene rings is 1. The van der Waals surface area contributed by atoms with Gasteiger partial charge < -0.3 is 72.2 Å². The number of hydrogen-bond donors (Lipinski definition) is 2. The number of nitrogens with one attached hydrogen (secondary N) is 2. The van der Waals surface area contributed by atoms with Crippen LogP contribution in [-0.2, 0) is 71.3 Å². The van der Waals surface area contributed by atoms with E-state index in [4.69, 9.17) is 61.6 Å². The number of esters is 4. The highest BCUT2D eigenvalue weighted by molar-refractivity contribution is 9.11. The molecular weight excluding hydrogens is 1090 g/mol. The topological polar surface area (TPSA) is 268 Å². The molecule has 0 radical (unpaired) electrons. The van der Waals surface area contributed by atoms with Crippen LogP contribution < -0.4 is 20.1 Å². The number of hydrogen-bond acceptors (Lipinski definition) is 20. The van der Waals surface area contributed by atoms with Crippen LogP contribution in [0, 0.1) is 17.8 Å². The second-order valence-corrected chi connectivity index (χ2v) is 18.2. The Morgan fingerprint density at radius 2 is 1.21 bits per heavy atom. The summed E-state index contributed by atoms with van der Waals surface area (Å²) in [6.45, 7) is 7.48. The molecule has 2 aliphatic carbocycles. The number of nitrogens with zero attached hydrogens (tertiary/aromatic N) is 1. The van der Waals surface area contributed by atoms with E-state index in [0.717, 1.165) is 40.7 Å². The average molecular weight is 1150 g/mol. The summed E-state index contributed by atoms with van der Waals surface area (Å²) in [4.78, 5) is 86.6. The third kappa shape index (κ3) is 17.6. The van der Waals surface area contributed by atoms with E-state index in [-0.39, 0.29) is 64.3 Å². The van der Waals surface area contributed by atoms with E-state index >= 15 is 0 Å². The van der Waals surface area contributed by atoms with E-state index in [2.05, 4.69) is 54.6 Å². The molecule has 1 aliphatic heterocycles. The summed E-state index contributed by atoms with van der Waals surface area (Å²) in [5.74, 6) is -1.93. The molecule has 2 fully saturated rings. The molecule has 25 heteroatoms. The zero-order valence-electron chi connectivity index (χ0n) is 40.8. The number of halogens is 2.